The van der Waals surface area contributed by atoms with Crippen molar-refractivity contribution in [3.8, 4) is 5.75 Å². The summed E-state index contributed by atoms with van der Waals surface area (Å²) in [5.74, 6) is 1.07. The number of phenolic OH excluding ortho intramolecular Hbond substituents is 1. The standard InChI is InChI=1S/C18H18O4/c1-6-9(19)5-8-3-4-18-7(2)14-16(22-17(18)20)12-13(18)11(8)10(6)15(12)21-14/h5,7,12-16,19H,3-4H2,1-2H3/t7?,12-,13-,14+,15+,16-,18-/m1/s1. The van der Waals surface area contributed by atoms with Crippen LogP contribution in [-0.2, 0) is 20.7 Å². The van der Waals surface area contributed by atoms with Crippen molar-refractivity contribution < 1.29 is 19.4 Å². The lowest BCUT2D eigenvalue weighted by atomic mass is 9.49. The molecule has 4 bridgehead atoms. The molecule has 7 atom stereocenters. The van der Waals surface area contributed by atoms with E-state index in [-0.39, 0.29) is 42.0 Å². The van der Waals surface area contributed by atoms with Crippen LogP contribution in [-0.4, -0.2) is 23.3 Å². The molecule has 114 valence electrons. The SMILES string of the molecule is Cc1c(O)cc2c3c1[C@@H]1O[C@H]4C(C)[C@@]5(CC2)C(=O)O[C@@H]4[C@@H]1[C@@H]35. The molecule has 0 aromatic heterocycles. The van der Waals surface area contributed by atoms with Gasteiger partial charge in [0.15, 0.2) is 0 Å². The van der Waals surface area contributed by atoms with Gasteiger partial charge in [-0.3, -0.25) is 4.79 Å². The molecular weight excluding hydrogens is 280 g/mol. The van der Waals surface area contributed by atoms with Crippen molar-refractivity contribution in [2.75, 3.05) is 0 Å². The quantitative estimate of drug-likeness (QED) is 0.747. The van der Waals surface area contributed by atoms with Gasteiger partial charge < -0.3 is 14.6 Å². The Hall–Kier alpha value is -1.55. The van der Waals surface area contributed by atoms with E-state index in [1.165, 1.54) is 11.1 Å². The Bertz CT molecular complexity index is 769. The summed E-state index contributed by atoms with van der Waals surface area (Å²) in [6.07, 6.45) is 1.60. The number of carbonyl (C=O) groups is 1. The highest BCUT2D eigenvalue weighted by Gasteiger charge is 2.76. The largest absolute Gasteiger partial charge is 0.508 e. The molecule has 4 fully saturated rings. The zero-order valence-electron chi connectivity index (χ0n) is 12.6. The summed E-state index contributed by atoms with van der Waals surface area (Å²) in [5.41, 5.74) is 4.21. The number of benzene rings is 1. The number of carbonyl (C=O) groups excluding carboxylic acids is 1. The third kappa shape index (κ3) is 0.913. The Morgan fingerprint density at radius 1 is 1.32 bits per heavy atom. The molecule has 4 nitrogen and oxygen atoms in total. The van der Waals surface area contributed by atoms with Gasteiger partial charge in [-0.25, -0.2) is 0 Å². The van der Waals surface area contributed by atoms with Crippen LogP contribution in [0.4, 0.5) is 0 Å². The zero-order valence-corrected chi connectivity index (χ0v) is 12.6. The number of aryl methyl sites for hydroxylation is 1. The molecule has 1 aromatic carbocycles. The van der Waals surface area contributed by atoms with Crippen LogP contribution in [0.3, 0.4) is 0 Å². The lowest BCUT2D eigenvalue weighted by molar-refractivity contribution is -0.215. The third-order valence-electron chi connectivity index (χ3n) is 7.36. The van der Waals surface area contributed by atoms with Crippen molar-refractivity contribution in [2.45, 2.75) is 50.9 Å². The average Bonchev–Trinajstić information content (AvgIpc) is 2.99. The highest BCUT2D eigenvalue weighted by molar-refractivity contribution is 5.84. The van der Waals surface area contributed by atoms with Crippen LogP contribution < -0.4 is 0 Å². The molecule has 3 heterocycles. The summed E-state index contributed by atoms with van der Waals surface area (Å²) in [5, 5.41) is 10.3. The number of ether oxygens (including phenoxy) is 2. The Balaban J connectivity index is 1.75. The van der Waals surface area contributed by atoms with Gasteiger partial charge in [0, 0.05) is 17.8 Å². The van der Waals surface area contributed by atoms with Crippen molar-refractivity contribution >= 4 is 5.97 Å². The van der Waals surface area contributed by atoms with Crippen LogP contribution in [0.25, 0.3) is 0 Å². The van der Waals surface area contributed by atoms with Crippen molar-refractivity contribution in [3.05, 3.63) is 28.3 Å². The first-order valence-electron chi connectivity index (χ1n) is 8.27. The highest BCUT2D eigenvalue weighted by Crippen LogP contribution is 2.74. The molecule has 4 heteroatoms. The molecule has 1 saturated carbocycles. The van der Waals surface area contributed by atoms with E-state index in [9.17, 15) is 9.90 Å². The fraction of sp³-hybridized carbons (Fsp3) is 0.611. The molecule has 0 amide bonds. The molecule has 3 aliphatic heterocycles. The molecule has 7 rings (SSSR count). The van der Waals surface area contributed by atoms with E-state index in [0.717, 1.165) is 24.0 Å². The van der Waals surface area contributed by atoms with Crippen molar-refractivity contribution in [1.82, 2.24) is 0 Å². The fourth-order valence-corrected chi connectivity index (χ4v) is 6.45. The van der Waals surface area contributed by atoms with Crippen LogP contribution in [0.5, 0.6) is 5.75 Å². The van der Waals surface area contributed by atoms with Crippen LogP contribution in [0, 0.1) is 24.2 Å². The maximum Gasteiger partial charge on any atom is 0.313 e. The number of aromatic hydroxyl groups is 1. The topological polar surface area (TPSA) is 55.8 Å². The molecule has 1 unspecified atom stereocenters. The predicted octanol–water partition coefficient (Wildman–Crippen LogP) is 2.36. The van der Waals surface area contributed by atoms with E-state index in [2.05, 4.69) is 6.92 Å². The number of fused-ring (bicyclic) bond motifs is 2. The van der Waals surface area contributed by atoms with Crippen LogP contribution in [0.15, 0.2) is 6.07 Å². The van der Waals surface area contributed by atoms with Crippen LogP contribution in [0.1, 0.15) is 47.6 Å². The molecule has 1 N–H and O–H groups in total. The Labute approximate surface area is 128 Å². The highest BCUT2D eigenvalue weighted by atomic mass is 16.6. The Kier molecular flexibility index (Phi) is 1.74. The number of esters is 1. The first-order chi connectivity index (χ1) is 10.6. The fourth-order valence-electron chi connectivity index (χ4n) is 6.45. The lowest BCUT2D eigenvalue weighted by Gasteiger charge is -2.57. The minimum absolute atomic E-state index is 0.00336. The summed E-state index contributed by atoms with van der Waals surface area (Å²) >= 11 is 0. The first kappa shape index (κ1) is 11.9. The normalized spacial score (nSPS) is 48.7. The molecular formula is C18H18O4. The number of rotatable bonds is 0. The average molecular weight is 298 g/mol. The van der Waals surface area contributed by atoms with Crippen LogP contribution >= 0.6 is 0 Å². The second-order valence-corrected chi connectivity index (χ2v) is 7.78. The Morgan fingerprint density at radius 3 is 2.95 bits per heavy atom. The van der Waals surface area contributed by atoms with Gasteiger partial charge in [0.2, 0.25) is 0 Å². The lowest BCUT2D eigenvalue weighted by Crippen LogP contribution is -2.64. The molecule has 3 saturated heterocycles. The Morgan fingerprint density at radius 2 is 2.14 bits per heavy atom. The predicted molar refractivity (Wildman–Crippen MR) is 76.5 cm³/mol. The third-order valence-corrected chi connectivity index (χ3v) is 7.36. The van der Waals surface area contributed by atoms with E-state index in [4.69, 9.17) is 9.47 Å². The van der Waals surface area contributed by atoms with Gasteiger partial charge in [-0.2, -0.15) is 0 Å². The molecule has 0 radical (unpaired) electrons. The van der Waals surface area contributed by atoms with Gasteiger partial charge in [0.1, 0.15) is 11.9 Å². The summed E-state index contributed by atoms with van der Waals surface area (Å²) < 4.78 is 12.2. The first-order valence-corrected chi connectivity index (χ1v) is 8.27. The van der Waals surface area contributed by atoms with E-state index < -0.39 is 5.41 Å². The summed E-state index contributed by atoms with van der Waals surface area (Å²) in [4.78, 5) is 12.8. The van der Waals surface area contributed by atoms with Crippen molar-refractivity contribution in [2.24, 2.45) is 17.3 Å². The van der Waals surface area contributed by atoms with Gasteiger partial charge in [-0.05, 0) is 48.1 Å². The second-order valence-electron chi connectivity index (χ2n) is 7.78. The maximum absolute atomic E-state index is 12.8. The maximum atomic E-state index is 12.8. The number of hydrogen-bond acceptors (Lipinski definition) is 4. The molecule has 1 spiro atoms. The molecule has 22 heavy (non-hydrogen) atoms. The second kappa shape index (κ2) is 3.21. The smallest absolute Gasteiger partial charge is 0.313 e. The van der Waals surface area contributed by atoms with Crippen molar-refractivity contribution in [1.29, 1.82) is 0 Å². The summed E-state index contributed by atoms with van der Waals surface area (Å²) in [7, 11) is 0. The molecule has 1 aromatic rings. The van der Waals surface area contributed by atoms with Gasteiger partial charge in [0.25, 0.3) is 0 Å². The molecule has 3 aliphatic carbocycles. The minimum Gasteiger partial charge on any atom is -0.508 e. The summed E-state index contributed by atoms with van der Waals surface area (Å²) in [6.45, 7) is 4.14. The minimum atomic E-state index is -0.402. The molecule has 6 aliphatic rings. The van der Waals surface area contributed by atoms with Gasteiger partial charge in [-0.15, -0.1) is 0 Å². The zero-order chi connectivity index (χ0) is 15.0. The van der Waals surface area contributed by atoms with Crippen molar-refractivity contribution in [3.63, 3.8) is 0 Å². The van der Waals surface area contributed by atoms with Gasteiger partial charge in [-0.1, -0.05) is 6.92 Å². The van der Waals surface area contributed by atoms with Gasteiger partial charge in [0.05, 0.1) is 17.6 Å². The number of phenols is 1. The van der Waals surface area contributed by atoms with E-state index in [1.54, 1.807) is 0 Å². The van der Waals surface area contributed by atoms with E-state index in [1.807, 2.05) is 13.0 Å². The van der Waals surface area contributed by atoms with Crippen LogP contribution in [0.2, 0.25) is 0 Å². The summed E-state index contributed by atoms with van der Waals surface area (Å²) in [6, 6.07) is 1.91. The van der Waals surface area contributed by atoms with E-state index in [0.29, 0.717) is 5.75 Å². The van der Waals surface area contributed by atoms with Gasteiger partial charge >= 0.3 is 5.97 Å². The van der Waals surface area contributed by atoms with E-state index >= 15 is 0 Å². The monoisotopic (exact) mass is 298 g/mol. The number of hydrogen-bond donors (Lipinski definition) is 1.